The number of dihydropyridines is 1. The first-order valence-corrected chi connectivity index (χ1v) is 14.6. The van der Waals surface area contributed by atoms with Crippen LogP contribution in [-0.4, -0.2) is 32.4 Å². The van der Waals surface area contributed by atoms with E-state index in [1.165, 1.54) is 30.3 Å². The molecule has 3 aromatic carbocycles. The Kier molecular flexibility index (Phi) is 7.70. The molecule has 2 unspecified atom stereocenters. The van der Waals surface area contributed by atoms with Gasteiger partial charge < -0.3 is 19.9 Å². The molecule has 0 saturated heterocycles. The molecule has 0 amide bonds. The van der Waals surface area contributed by atoms with E-state index in [2.05, 4.69) is 5.32 Å². The Labute approximate surface area is 238 Å². The lowest BCUT2D eigenvalue weighted by Gasteiger charge is -2.37. The Morgan fingerprint density at radius 2 is 1.80 bits per heavy atom. The van der Waals surface area contributed by atoms with Crippen molar-refractivity contribution in [2.24, 2.45) is 5.14 Å². The molecule has 2 aliphatic rings. The number of ether oxygens (including phenoxy) is 2. The number of para-hydroxylation sites is 1. The summed E-state index contributed by atoms with van der Waals surface area (Å²) in [6.07, 6.45) is 0.745. The molecule has 0 radical (unpaired) electrons. The van der Waals surface area contributed by atoms with Crippen LogP contribution in [-0.2, 0) is 31.0 Å². The number of rotatable bonds is 7. The van der Waals surface area contributed by atoms with E-state index in [9.17, 15) is 23.1 Å². The van der Waals surface area contributed by atoms with Crippen LogP contribution in [0.25, 0.3) is 0 Å². The van der Waals surface area contributed by atoms with Gasteiger partial charge in [0.25, 0.3) is 0 Å². The second-order valence-corrected chi connectivity index (χ2v) is 11.7. The van der Waals surface area contributed by atoms with Crippen molar-refractivity contribution in [2.45, 2.75) is 43.1 Å². The first kappa shape index (κ1) is 28.1. The van der Waals surface area contributed by atoms with E-state index in [4.69, 9.17) is 14.6 Å². The molecule has 0 fully saturated rings. The Balaban J connectivity index is 1.50. The zero-order valence-electron chi connectivity index (χ0n) is 22.6. The highest BCUT2D eigenvalue weighted by molar-refractivity contribution is 7.89. The van der Waals surface area contributed by atoms with Gasteiger partial charge in [0.15, 0.2) is 5.78 Å². The number of ketones is 1. The molecule has 0 bridgehead atoms. The van der Waals surface area contributed by atoms with Gasteiger partial charge in [0.05, 0.1) is 17.6 Å². The fourth-order valence-electron chi connectivity index (χ4n) is 5.61. The molecule has 1 heterocycles. The normalized spacial score (nSPS) is 19.0. The van der Waals surface area contributed by atoms with E-state index in [1.807, 2.05) is 24.3 Å². The molecule has 9 nitrogen and oxygen atoms in total. The maximum absolute atomic E-state index is 13.8. The van der Waals surface area contributed by atoms with Crippen molar-refractivity contribution in [3.05, 3.63) is 112 Å². The van der Waals surface area contributed by atoms with Crippen molar-refractivity contribution in [2.75, 3.05) is 7.11 Å². The summed E-state index contributed by atoms with van der Waals surface area (Å²) >= 11 is 0. The maximum Gasteiger partial charge on any atom is 0.337 e. The Hall–Kier alpha value is -4.41. The molecule has 10 heteroatoms. The van der Waals surface area contributed by atoms with Gasteiger partial charge in [-0.2, -0.15) is 0 Å². The van der Waals surface area contributed by atoms with Gasteiger partial charge in [-0.3, -0.25) is 4.79 Å². The van der Waals surface area contributed by atoms with Gasteiger partial charge in [-0.1, -0.05) is 42.5 Å². The predicted molar refractivity (Wildman–Crippen MR) is 151 cm³/mol. The fraction of sp³-hybridized carbons (Fsp3) is 0.226. The van der Waals surface area contributed by atoms with E-state index < -0.39 is 21.9 Å². The summed E-state index contributed by atoms with van der Waals surface area (Å²) < 4.78 is 34.7. The number of hydrogen-bond donors (Lipinski definition) is 3. The summed E-state index contributed by atoms with van der Waals surface area (Å²) in [6.45, 7) is 1.54. The second kappa shape index (κ2) is 11.2. The largest absolute Gasteiger partial charge is 0.508 e. The standard InChI is InChI=1S/C31H30N2O7S/c1-18-28(31(36)40-17-19-7-5-10-23(13-19)41(32,37)38)29(20-8-6-9-22(34)14-20)30-25(33-18)15-21(16-26(30)35)24-11-3-4-12-27(24)39-2/h3-14,21,29,33-34H,15-17H2,1-2H3,(H2,32,37,38). The van der Waals surface area contributed by atoms with Gasteiger partial charge in [0.1, 0.15) is 18.1 Å². The zero-order chi connectivity index (χ0) is 29.3. The van der Waals surface area contributed by atoms with Crippen LogP contribution >= 0.6 is 0 Å². The summed E-state index contributed by atoms with van der Waals surface area (Å²) in [4.78, 5) is 27.3. The number of carbonyl (C=O) groups excluding carboxylic acids is 2. The summed E-state index contributed by atoms with van der Waals surface area (Å²) in [7, 11) is -2.33. The monoisotopic (exact) mass is 574 g/mol. The number of sulfonamides is 1. The average Bonchev–Trinajstić information content (AvgIpc) is 2.94. The Bertz CT molecular complexity index is 1710. The summed E-state index contributed by atoms with van der Waals surface area (Å²) in [5.41, 5.74) is 3.87. The number of allylic oxidation sites excluding steroid dienone is 3. The van der Waals surface area contributed by atoms with Crippen molar-refractivity contribution < 1.29 is 32.6 Å². The van der Waals surface area contributed by atoms with Crippen LogP contribution in [0.5, 0.6) is 11.5 Å². The minimum atomic E-state index is -3.93. The fourth-order valence-corrected chi connectivity index (χ4v) is 6.19. The molecule has 41 heavy (non-hydrogen) atoms. The van der Waals surface area contributed by atoms with E-state index >= 15 is 0 Å². The molecule has 212 valence electrons. The van der Waals surface area contributed by atoms with Gasteiger partial charge in [-0.15, -0.1) is 0 Å². The molecule has 1 aliphatic heterocycles. The summed E-state index contributed by atoms with van der Waals surface area (Å²) in [5, 5.41) is 18.8. The summed E-state index contributed by atoms with van der Waals surface area (Å²) in [5.74, 6) is -0.978. The van der Waals surface area contributed by atoms with Gasteiger partial charge >= 0.3 is 5.97 Å². The van der Waals surface area contributed by atoms with E-state index in [0.717, 1.165) is 5.56 Å². The SMILES string of the molecule is COc1ccccc1C1CC(=O)C2=C(C1)NC(C)=C(C(=O)OCc1cccc(S(N)(=O)=O)c1)C2c1cccc(O)c1. The third-order valence-corrected chi connectivity index (χ3v) is 8.34. The van der Waals surface area contributed by atoms with Gasteiger partial charge in [-0.25, -0.2) is 18.4 Å². The van der Waals surface area contributed by atoms with Crippen LogP contribution in [0.4, 0.5) is 0 Å². The van der Waals surface area contributed by atoms with Gasteiger partial charge in [0, 0.05) is 35.2 Å². The smallest absolute Gasteiger partial charge is 0.337 e. The molecule has 0 spiro atoms. The van der Waals surface area contributed by atoms with Crippen molar-refractivity contribution in [1.82, 2.24) is 5.32 Å². The van der Waals surface area contributed by atoms with E-state index in [-0.39, 0.29) is 40.9 Å². The molecular formula is C31H30N2O7S. The number of carbonyl (C=O) groups is 2. The molecule has 3 aromatic rings. The quantitative estimate of drug-likeness (QED) is 0.357. The number of phenolic OH excluding ortho intramolecular Hbond substituents is 1. The van der Waals surface area contributed by atoms with Crippen molar-refractivity contribution in [3.8, 4) is 11.5 Å². The number of nitrogens with one attached hydrogen (secondary N) is 1. The number of nitrogens with two attached hydrogens (primary N) is 1. The molecule has 4 N–H and O–H groups in total. The maximum atomic E-state index is 13.8. The number of hydrogen-bond acceptors (Lipinski definition) is 8. The highest BCUT2D eigenvalue weighted by Gasteiger charge is 2.42. The Morgan fingerprint density at radius 1 is 1.05 bits per heavy atom. The summed E-state index contributed by atoms with van der Waals surface area (Å²) in [6, 6.07) is 19.9. The zero-order valence-corrected chi connectivity index (χ0v) is 23.4. The van der Waals surface area contributed by atoms with Crippen LogP contribution in [0.15, 0.2) is 100 Å². The lowest BCUT2D eigenvalue weighted by Crippen LogP contribution is -2.36. The number of methoxy groups -OCH3 is 1. The molecule has 0 saturated carbocycles. The Morgan fingerprint density at radius 3 is 2.54 bits per heavy atom. The van der Waals surface area contributed by atoms with Crippen molar-refractivity contribution in [3.63, 3.8) is 0 Å². The predicted octanol–water partition coefficient (Wildman–Crippen LogP) is 4.15. The third-order valence-electron chi connectivity index (χ3n) is 7.43. The molecule has 2 atom stereocenters. The third kappa shape index (κ3) is 5.75. The van der Waals surface area contributed by atoms with E-state index in [0.29, 0.717) is 40.3 Å². The van der Waals surface area contributed by atoms with Gasteiger partial charge in [0.2, 0.25) is 10.0 Å². The molecular weight excluding hydrogens is 544 g/mol. The first-order chi connectivity index (χ1) is 19.6. The lowest BCUT2D eigenvalue weighted by atomic mass is 9.71. The minimum absolute atomic E-state index is 0.00326. The lowest BCUT2D eigenvalue weighted by molar-refractivity contribution is -0.140. The minimum Gasteiger partial charge on any atom is -0.508 e. The van der Waals surface area contributed by atoms with Crippen molar-refractivity contribution in [1.29, 1.82) is 0 Å². The van der Waals surface area contributed by atoms with Gasteiger partial charge in [-0.05, 0) is 60.4 Å². The number of aromatic hydroxyl groups is 1. The van der Waals surface area contributed by atoms with Crippen LogP contribution in [0.3, 0.4) is 0 Å². The van der Waals surface area contributed by atoms with Crippen LogP contribution in [0, 0.1) is 0 Å². The number of phenols is 1. The van der Waals surface area contributed by atoms with Crippen LogP contribution < -0.4 is 15.2 Å². The average molecular weight is 575 g/mol. The van der Waals surface area contributed by atoms with Crippen LogP contribution in [0.1, 0.15) is 48.3 Å². The molecule has 0 aromatic heterocycles. The number of esters is 1. The van der Waals surface area contributed by atoms with Crippen LogP contribution in [0.2, 0.25) is 0 Å². The highest BCUT2D eigenvalue weighted by Crippen LogP contribution is 2.47. The topological polar surface area (TPSA) is 145 Å². The first-order valence-electron chi connectivity index (χ1n) is 13.0. The van der Waals surface area contributed by atoms with Crippen molar-refractivity contribution >= 4 is 21.8 Å². The molecule has 5 rings (SSSR count). The number of benzene rings is 3. The van der Waals surface area contributed by atoms with E-state index in [1.54, 1.807) is 32.2 Å². The number of Topliss-reactive ketones (excluding diaryl/α,β-unsaturated/α-hetero) is 1. The second-order valence-electron chi connectivity index (χ2n) is 10.1. The number of primary sulfonamides is 1. The highest BCUT2D eigenvalue weighted by atomic mass is 32.2. The molecule has 1 aliphatic carbocycles.